The highest BCUT2D eigenvalue weighted by Gasteiger charge is 2.15. The maximum absolute atomic E-state index is 11.1. The normalized spacial score (nSPS) is 11.2. The Labute approximate surface area is 109 Å². The number of nitro groups is 1. The summed E-state index contributed by atoms with van der Waals surface area (Å²) in [4.78, 5) is 10.4. The van der Waals surface area contributed by atoms with Crippen molar-refractivity contribution in [1.29, 1.82) is 0 Å². The monoisotopic (exact) mass is 278 g/mol. The van der Waals surface area contributed by atoms with E-state index in [1.807, 2.05) is 0 Å². The Morgan fingerprint density at radius 2 is 1.58 bits per heavy atom. The number of nitro benzene ring substituents is 1. The van der Waals surface area contributed by atoms with E-state index in [1.165, 1.54) is 30.3 Å². The summed E-state index contributed by atoms with van der Waals surface area (Å²) in [7, 11) is -3.76. The standard InChI is InChI=1S/C12H10N2O4S/c13-19(17,18)10-7-5-9(6-8-10)11-3-1-2-4-12(11)14(15)16/h1-8H,(H2,13,17,18). The molecule has 7 heteroatoms. The van der Waals surface area contributed by atoms with Gasteiger partial charge in [0.25, 0.3) is 5.69 Å². The molecule has 0 aliphatic carbocycles. The fourth-order valence-corrected chi connectivity index (χ4v) is 2.22. The zero-order valence-corrected chi connectivity index (χ0v) is 10.5. The summed E-state index contributed by atoms with van der Waals surface area (Å²) in [6.07, 6.45) is 0. The number of hydrogen-bond acceptors (Lipinski definition) is 4. The fourth-order valence-electron chi connectivity index (χ4n) is 1.70. The van der Waals surface area contributed by atoms with Crippen LogP contribution in [-0.4, -0.2) is 13.3 Å². The Balaban J connectivity index is 2.52. The molecule has 2 aromatic rings. The summed E-state index contributed by atoms with van der Waals surface area (Å²) in [6.45, 7) is 0. The molecule has 0 amide bonds. The zero-order chi connectivity index (χ0) is 14.0. The maximum Gasteiger partial charge on any atom is 0.277 e. The third kappa shape index (κ3) is 2.78. The minimum absolute atomic E-state index is 0.0326. The number of sulfonamides is 1. The van der Waals surface area contributed by atoms with Crippen LogP contribution in [0.15, 0.2) is 53.4 Å². The van der Waals surface area contributed by atoms with E-state index in [0.717, 1.165) is 0 Å². The molecule has 0 atom stereocenters. The molecular formula is C12H10N2O4S. The number of primary sulfonamides is 1. The Hall–Kier alpha value is -2.25. The molecule has 2 aromatic carbocycles. The van der Waals surface area contributed by atoms with Gasteiger partial charge in [0.05, 0.1) is 15.4 Å². The van der Waals surface area contributed by atoms with E-state index < -0.39 is 14.9 Å². The first kappa shape index (κ1) is 13.2. The van der Waals surface area contributed by atoms with Crippen LogP contribution in [0.3, 0.4) is 0 Å². The van der Waals surface area contributed by atoms with Crippen LogP contribution in [0.1, 0.15) is 0 Å². The number of nitrogens with zero attached hydrogens (tertiary/aromatic N) is 1. The van der Waals surface area contributed by atoms with Crippen molar-refractivity contribution in [2.75, 3.05) is 0 Å². The molecule has 0 aliphatic heterocycles. The highest BCUT2D eigenvalue weighted by atomic mass is 32.2. The average molecular weight is 278 g/mol. The van der Waals surface area contributed by atoms with Crippen LogP contribution in [0.25, 0.3) is 11.1 Å². The predicted octanol–water partition coefficient (Wildman–Crippen LogP) is 1.91. The molecule has 0 aliphatic rings. The van der Waals surface area contributed by atoms with Gasteiger partial charge in [0, 0.05) is 6.07 Å². The molecule has 6 nitrogen and oxygen atoms in total. The molecule has 0 saturated carbocycles. The minimum Gasteiger partial charge on any atom is -0.258 e. The van der Waals surface area contributed by atoms with Gasteiger partial charge in [0.15, 0.2) is 0 Å². The van der Waals surface area contributed by atoms with Gasteiger partial charge in [-0.2, -0.15) is 0 Å². The maximum atomic E-state index is 11.1. The third-order valence-electron chi connectivity index (χ3n) is 2.59. The van der Waals surface area contributed by atoms with Crippen LogP contribution >= 0.6 is 0 Å². The van der Waals surface area contributed by atoms with E-state index in [-0.39, 0.29) is 10.6 Å². The summed E-state index contributed by atoms with van der Waals surface area (Å²) in [5.74, 6) is 0. The second-order valence-electron chi connectivity index (χ2n) is 3.84. The molecule has 0 heterocycles. The van der Waals surface area contributed by atoms with Gasteiger partial charge in [-0.15, -0.1) is 0 Å². The molecule has 0 fully saturated rings. The first-order valence-electron chi connectivity index (χ1n) is 5.26. The molecular weight excluding hydrogens is 268 g/mol. The predicted molar refractivity (Wildman–Crippen MR) is 69.9 cm³/mol. The van der Waals surface area contributed by atoms with E-state index in [2.05, 4.69) is 0 Å². The van der Waals surface area contributed by atoms with Gasteiger partial charge in [-0.25, -0.2) is 13.6 Å². The van der Waals surface area contributed by atoms with Crippen LogP contribution in [0.5, 0.6) is 0 Å². The lowest BCUT2D eigenvalue weighted by molar-refractivity contribution is -0.384. The van der Waals surface area contributed by atoms with Crippen molar-refractivity contribution in [2.45, 2.75) is 4.90 Å². The van der Waals surface area contributed by atoms with Crippen molar-refractivity contribution >= 4 is 15.7 Å². The van der Waals surface area contributed by atoms with Crippen molar-refractivity contribution < 1.29 is 13.3 Å². The lowest BCUT2D eigenvalue weighted by Gasteiger charge is -2.04. The smallest absolute Gasteiger partial charge is 0.258 e. The van der Waals surface area contributed by atoms with E-state index in [1.54, 1.807) is 18.2 Å². The number of para-hydroxylation sites is 1. The largest absolute Gasteiger partial charge is 0.277 e. The van der Waals surface area contributed by atoms with Gasteiger partial charge >= 0.3 is 0 Å². The van der Waals surface area contributed by atoms with Gasteiger partial charge in [-0.05, 0) is 23.8 Å². The van der Waals surface area contributed by atoms with Crippen molar-refractivity contribution in [3.05, 3.63) is 58.6 Å². The summed E-state index contributed by atoms with van der Waals surface area (Å²) in [5, 5.41) is 15.9. The zero-order valence-electron chi connectivity index (χ0n) is 9.68. The first-order valence-corrected chi connectivity index (χ1v) is 6.81. The van der Waals surface area contributed by atoms with E-state index in [4.69, 9.17) is 5.14 Å². The fraction of sp³-hybridized carbons (Fsp3) is 0. The number of nitrogens with two attached hydrogens (primary N) is 1. The van der Waals surface area contributed by atoms with Gasteiger partial charge in [-0.1, -0.05) is 24.3 Å². The van der Waals surface area contributed by atoms with E-state index in [9.17, 15) is 18.5 Å². The van der Waals surface area contributed by atoms with Gasteiger partial charge in [-0.3, -0.25) is 10.1 Å². The van der Waals surface area contributed by atoms with Crippen molar-refractivity contribution in [2.24, 2.45) is 5.14 Å². The molecule has 98 valence electrons. The van der Waals surface area contributed by atoms with Crippen LogP contribution in [0, 0.1) is 10.1 Å². The van der Waals surface area contributed by atoms with Gasteiger partial charge in [0.2, 0.25) is 10.0 Å². The first-order chi connectivity index (χ1) is 8.89. The van der Waals surface area contributed by atoms with E-state index in [0.29, 0.717) is 11.1 Å². The number of benzene rings is 2. The molecule has 0 saturated heterocycles. The topological polar surface area (TPSA) is 103 Å². The van der Waals surface area contributed by atoms with Crippen LogP contribution in [-0.2, 0) is 10.0 Å². The lowest BCUT2D eigenvalue weighted by Crippen LogP contribution is -2.11. The molecule has 0 bridgehead atoms. The second kappa shape index (κ2) is 4.79. The summed E-state index contributed by atoms with van der Waals surface area (Å²) in [5.41, 5.74) is 0.944. The Morgan fingerprint density at radius 3 is 2.11 bits per heavy atom. The van der Waals surface area contributed by atoms with Crippen LogP contribution in [0.2, 0.25) is 0 Å². The number of rotatable bonds is 3. The minimum atomic E-state index is -3.76. The SMILES string of the molecule is NS(=O)(=O)c1ccc(-c2ccccc2[N+](=O)[O-])cc1. The average Bonchev–Trinajstić information content (AvgIpc) is 2.38. The molecule has 19 heavy (non-hydrogen) atoms. The highest BCUT2D eigenvalue weighted by Crippen LogP contribution is 2.29. The Morgan fingerprint density at radius 1 is 1.00 bits per heavy atom. The Bertz CT molecular complexity index is 724. The summed E-state index contributed by atoms with van der Waals surface area (Å²) < 4.78 is 22.3. The molecule has 0 spiro atoms. The molecule has 0 radical (unpaired) electrons. The van der Waals surface area contributed by atoms with Crippen LogP contribution < -0.4 is 5.14 Å². The van der Waals surface area contributed by atoms with Gasteiger partial charge in [0.1, 0.15) is 0 Å². The van der Waals surface area contributed by atoms with Crippen molar-refractivity contribution in [3.63, 3.8) is 0 Å². The van der Waals surface area contributed by atoms with Gasteiger partial charge < -0.3 is 0 Å². The summed E-state index contributed by atoms with van der Waals surface area (Å²) in [6, 6.07) is 11.9. The van der Waals surface area contributed by atoms with Crippen molar-refractivity contribution in [3.8, 4) is 11.1 Å². The Kier molecular flexibility index (Phi) is 3.32. The third-order valence-corrected chi connectivity index (χ3v) is 3.52. The molecule has 2 N–H and O–H groups in total. The van der Waals surface area contributed by atoms with Crippen LogP contribution in [0.4, 0.5) is 5.69 Å². The number of hydrogen-bond donors (Lipinski definition) is 1. The molecule has 0 aromatic heterocycles. The van der Waals surface area contributed by atoms with Crippen molar-refractivity contribution in [1.82, 2.24) is 0 Å². The molecule has 2 rings (SSSR count). The molecule has 0 unspecified atom stereocenters. The van der Waals surface area contributed by atoms with E-state index >= 15 is 0 Å². The quantitative estimate of drug-likeness (QED) is 0.684. The second-order valence-corrected chi connectivity index (χ2v) is 5.41. The summed E-state index contributed by atoms with van der Waals surface area (Å²) >= 11 is 0. The highest BCUT2D eigenvalue weighted by molar-refractivity contribution is 7.89. The lowest BCUT2D eigenvalue weighted by atomic mass is 10.0.